The molecule has 6 nitrogen and oxygen atoms in total. The van der Waals surface area contributed by atoms with Crippen molar-refractivity contribution in [2.24, 2.45) is 0 Å². The molecule has 0 amide bonds. The Bertz CT molecular complexity index is 1140. The Balaban J connectivity index is 1.22. The number of nitrogens with one attached hydrogen (secondary N) is 1. The van der Waals surface area contributed by atoms with Crippen LogP contribution >= 0.6 is 0 Å². The molecule has 0 bridgehead atoms. The van der Waals surface area contributed by atoms with Crippen molar-refractivity contribution in [3.8, 4) is 11.5 Å². The Labute approximate surface area is 202 Å². The van der Waals surface area contributed by atoms with Crippen LogP contribution in [-0.2, 0) is 13.0 Å². The molecule has 2 aromatic carbocycles. The summed E-state index contributed by atoms with van der Waals surface area (Å²) in [6, 6.07) is 13.7. The molecule has 3 aliphatic heterocycles. The molecule has 1 N–H and O–H groups in total. The van der Waals surface area contributed by atoms with Crippen LogP contribution in [0.3, 0.4) is 0 Å². The lowest BCUT2D eigenvalue weighted by Crippen LogP contribution is -2.35. The average molecular weight is 461 g/mol. The number of rotatable bonds is 6. The highest BCUT2D eigenvalue weighted by Gasteiger charge is 2.30. The first-order valence-electron chi connectivity index (χ1n) is 13.1. The number of aromatic nitrogens is 2. The number of nitrogens with zero attached hydrogens (tertiary/aromatic N) is 3. The Hall–Kier alpha value is -2.57. The first-order valence-corrected chi connectivity index (χ1v) is 13.1. The van der Waals surface area contributed by atoms with E-state index in [1.165, 1.54) is 47.2 Å². The molecule has 1 atom stereocenters. The number of imidazole rings is 1. The van der Waals surface area contributed by atoms with E-state index in [9.17, 15) is 0 Å². The fraction of sp³-hybridized carbons (Fsp3) is 0.536. The summed E-state index contributed by atoms with van der Waals surface area (Å²) in [5.41, 5.74) is 5.29. The maximum Gasteiger partial charge on any atom is 0.161 e. The fourth-order valence-electron chi connectivity index (χ4n) is 5.99. The molecule has 0 aliphatic carbocycles. The second-order valence-corrected chi connectivity index (χ2v) is 10.0. The van der Waals surface area contributed by atoms with Crippen LogP contribution in [0.15, 0.2) is 36.4 Å². The van der Waals surface area contributed by atoms with Gasteiger partial charge in [0.15, 0.2) is 11.5 Å². The third kappa shape index (κ3) is 4.18. The minimum atomic E-state index is 0.522. The summed E-state index contributed by atoms with van der Waals surface area (Å²) in [5.74, 6) is 3.60. The molecule has 3 aromatic rings. The zero-order valence-corrected chi connectivity index (χ0v) is 20.3. The number of hydrogen-bond acceptors (Lipinski definition) is 5. The van der Waals surface area contributed by atoms with Gasteiger partial charge in [0.2, 0.25) is 0 Å². The molecule has 0 spiro atoms. The highest BCUT2D eigenvalue weighted by Crippen LogP contribution is 2.36. The summed E-state index contributed by atoms with van der Waals surface area (Å²) >= 11 is 0. The highest BCUT2D eigenvalue weighted by atomic mass is 16.6. The molecule has 6 rings (SSSR count). The van der Waals surface area contributed by atoms with Crippen molar-refractivity contribution in [3.63, 3.8) is 0 Å². The third-order valence-electron chi connectivity index (χ3n) is 7.71. The molecule has 0 saturated carbocycles. The summed E-state index contributed by atoms with van der Waals surface area (Å²) in [5, 5.41) is 3.56. The molecule has 34 heavy (non-hydrogen) atoms. The van der Waals surface area contributed by atoms with Crippen LogP contribution in [0.5, 0.6) is 11.5 Å². The molecule has 6 heteroatoms. The Kier molecular flexibility index (Phi) is 6.18. The zero-order chi connectivity index (χ0) is 22.9. The smallest absolute Gasteiger partial charge is 0.161 e. The van der Waals surface area contributed by atoms with Crippen LogP contribution in [0.2, 0.25) is 0 Å². The van der Waals surface area contributed by atoms with Crippen LogP contribution in [0.4, 0.5) is 0 Å². The number of likely N-dealkylation sites (tertiary alicyclic amines) is 1. The first-order chi connectivity index (χ1) is 16.8. The number of hydrogen-bond donors (Lipinski definition) is 1. The molecule has 3 aliphatic rings. The van der Waals surface area contributed by atoms with Gasteiger partial charge >= 0.3 is 0 Å². The van der Waals surface area contributed by atoms with Crippen molar-refractivity contribution < 1.29 is 9.47 Å². The second-order valence-electron chi connectivity index (χ2n) is 10.0. The molecular formula is C28H36N4O2. The predicted octanol–water partition coefficient (Wildman–Crippen LogP) is 4.67. The molecule has 2 saturated heterocycles. The van der Waals surface area contributed by atoms with E-state index in [1.54, 1.807) is 0 Å². The largest absolute Gasteiger partial charge is 0.486 e. The van der Waals surface area contributed by atoms with Gasteiger partial charge in [0.25, 0.3) is 0 Å². The monoisotopic (exact) mass is 460 g/mol. The highest BCUT2D eigenvalue weighted by molar-refractivity contribution is 5.80. The van der Waals surface area contributed by atoms with Gasteiger partial charge in [-0.15, -0.1) is 0 Å². The Morgan fingerprint density at radius 1 is 1.03 bits per heavy atom. The SMILES string of the molecule is CCCc1cccc2c1nc(C1CCNC1)n2C1CCN(Cc2ccc3c(c2)OCCO3)CC1. The van der Waals surface area contributed by atoms with E-state index in [0.29, 0.717) is 25.2 Å². The minimum Gasteiger partial charge on any atom is -0.486 e. The van der Waals surface area contributed by atoms with Crippen LogP contribution in [0, 0.1) is 0 Å². The summed E-state index contributed by atoms with van der Waals surface area (Å²) < 4.78 is 14.1. The lowest BCUT2D eigenvalue weighted by molar-refractivity contribution is 0.168. The van der Waals surface area contributed by atoms with E-state index in [1.807, 2.05) is 0 Å². The van der Waals surface area contributed by atoms with E-state index < -0.39 is 0 Å². The van der Waals surface area contributed by atoms with Gasteiger partial charge in [-0.05, 0) is 61.6 Å². The van der Waals surface area contributed by atoms with Crippen LogP contribution in [-0.4, -0.2) is 53.8 Å². The van der Waals surface area contributed by atoms with Gasteiger partial charge in [0, 0.05) is 38.1 Å². The van der Waals surface area contributed by atoms with E-state index in [4.69, 9.17) is 14.5 Å². The molecule has 1 unspecified atom stereocenters. The van der Waals surface area contributed by atoms with Crippen LogP contribution in [0.25, 0.3) is 11.0 Å². The van der Waals surface area contributed by atoms with Gasteiger partial charge in [-0.3, -0.25) is 4.90 Å². The van der Waals surface area contributed by atoms with E-state index >= 15 is 0 Å². The van der Waals surface area contributed by atoms with Crippen molar-refractivity contribution in [3.05, 3.63) is 53.3 Å². The van der Waals surface area contributed by atoms with Crippen molar-refractivity contribution in [1.29, 1.82) is 0 Å². The van der Waals surface area contributed by atoms with Crippen LogP contribution < -0.4 is 14.8 Å². The standard InChI is InChI=1S/C28H36N4O2/c1-2-4-21-5-3-6-24-27(21)30-28(22-9-12-29-18-22)32(24)23-10-13-31(14-11-23)19-20-7-8-25-26(17-20)34-16-15-33-25/h3,5-8,17,22-23,29H,2,4,9-16,18-19H2,1H3. The molecule has 180 valence electrons. The van der Waals surface area contributed by atoms with Crippen molar-refractivity contribution in [2.45, 2.75) is 57.5 Å². The molecule has 1 aromatic heterocycles. The van der Waals surface area contributed by atoms with Gasteiger partial charge in [-0.25, -0.2) is 4.98 Å². The summed E-state index contributed by atoms with van der Waals surface area (Å²) in [4.78, 5) is 7.88. The fourth-order valence-corrected chi connectivity index (χ4v) is 5.99. The predicted molar refractivity (Wildman–Crippen MR) is 135 cm³/mol. The summed E-state index contributed by atoms with van der Waals surface area (Å²) in [7, 11) is 0. The zero-order valence-electron chi connectivity index (χ0n) is 20.3. The lowest BCUT2D eigenvalue weighted by Gasteiger charge is -2.34. The Morgan fingerprint density at radius 3 is 2.68 bits per heavy atom. The van der Waals surface area contributed by atoms with Gasteiger partial charge in [-0.1, -0.05) is 31.5 Å². The number of aryl methyl sites for hydroxylation is 1. The number of piperidine rings is 1. The van der Waals surface area contributed by atoms with Crippen LogP contribution in [0.1, 0.15) is 61.5 Å². The summed E-state index contributed by atoms with van der Waals surface area (Å²) in [6.07, 6.45) is 5.78. The van der Waals surface area contributed by atoms with Gasteiger partial charge in [0.1, 0.15) is 19.0 Å². The van der Waals surface area contributed by atoms with Gasteiger partial charge < -0.3 is 19.4 Å². The maximum absolute atomic E-state index is 5.79. The second kappa shape index (κ2) is 9.59. The van der Waals surface area contributed by atoms with Crippen molar-refractivity contribution in [2.75, 3.05) is 39.4 Å². The number of benzene rings is 2. The molecule has 4 heterocycles. The number of ether oxygens (including phenoxy) is 2. The van der Waals surface area contributed by atoms with E-state index in [2.05, 4.69) is 58.1 Å². The minimum absolute atomic E-state index is 0.522. The van der Waals surface area contributed by atoms with E-state index in [0.717, 1.165) is 57.1 Å². The van der Waals surface area contributed by atoms with Crippen molar-refractivity contribution in [1.82, 2.24) is 19.8 Å². The first kappa shape index (κ1) is 21.9. The molecule has 2 fully saturated rings. The number of para-hydroxylation sites is 1. The lowest BCUT2D eigenvalue weighted by atomic mass is 10.0. The molecular weight excluding hydrogens is 424 g/mol. The summed E-state index contributed by atoms with van der Waals surface area (Å²) in [6.45, 7) is 8.87. The topological polar surface area (TPSA) is 51.6 Å². The molecule has 0 radical (unpaired) electrons. The van der Waals surface area contributed by atoms with Gasteiger partial charge in [-0.2, -0.15) is 0 Å². The maximum atomic E-state index is 5.79. The van der Waals surface area contributed by atoms with Crippen molar-refractivity contribution >= 4 is 11.0 Å². The third-order valence-corrected chi connectivity index (χ3v) is 7.71. The van der Waals surface area contributed by atoms with E-state index in [-0.39, 0.29) is 0 Å². The Morgan fingerprint density at radius 2 is 1.88 bits per heavy atom. The normalized spacial score (nSPS) is 21.4. The quantitative estimate of drug-likeness (QED) is 0.579. The van der Waals surface area contributed by atoms with Gasteiger partial charge in [0.05, 0.1) is 11.0 Å². The number of fused-ring (bicyclic) bond motifs is 2. The average Bonchev–Trinajstić information content (AvgIpc) is 3.53.